The van der Waals surface area contributed by atoms with Gasteiger partial charge in [0.1, 0.15) is 17.2 Å². The first-order chi connectivity index (χ1) is 10.6. The Kier molecular flexibility index (Phi) is 5.61. The van der Waals surface area contributed by atoms with E-state index in [1.165, 1.54) is 0 Å². The molecule has 0 heterocycles. The van der Waals surface area contributed by atoms with Crippen LogP contribution in [0.3, 0.4) is 0 Å². The van der Waals surface area contributed by atoms with Crippen molar-refractivity contribution < 1.29 is 14.6 Å². The van der Waals surface area contributed by atoms with Gasteiger partial charge in [-0.05, 0) is 48.1 Å². The molecule has 2 rings (SSSR count). The molecular formula is C18H22O3S. The minimum atomic E-state index is 0.0936. The van der Waals surface area contributed by atoms with E-state index in [9.17, 15) is 5.11 Å². The molecular weight excluding hydrogens is 296 g/mol. The third-order valence-corrected chi connectivity index (χ3v) is 4.65. The van der Waals surface area contributed by atoms with Crippen LogP contribution in [0.15, 0.2) is 36.4 Å². The van der Waals surface area contributed by atoms with Gasteiger partial charge in [0.15, 0.2) is 0 Å². The lowest BCUT2D eigenvalue weighted by molar-refractivity contribution is 0.386. The van der Waals surface area contributed by atoms with Gasteiger partial charge in [0.05, 0.1) is 25.0 Å². The van der Waals surface area contributed by atoms with E-state index >= 15 is 0 Å². The molecule has 118 valence electrons. The van der Waals surface area contributed by atoms with Crippen LogP contribution in [-0.2, 0) is 0 Å². The Hall–Kier alpha value is -1.81. The third-order valence-electron chi connectivity index (χ3n) is 3.48. The summed E-state index contributed by atoms with van der Waals surface area (Å²) in [6.07, 6.45) is 0. The van der Waals surface area contributed by atoms with Crippen molar-refractivity contribution in [3.05, 3.63) is 53.1 Å². The van der Waals surface area contributed by atoms with Crippen molar-refractivity contribution in [3.63, 3.8) is 0 Å². The van der Waals surface area contributed by atoms with E-state index in [1.807, 2.05) is 43.0 Å². The zero-order valence-corrected chi connectivity index (χ0v) is 14.2. The number of methoxy groups -OCH3 is 2. The van der Waals surface area contributed by atoms with Gasteiger partial charge in [-0.15, -0.1) is 11.8 Å². The summed E-state index contributed by atoms with van der Waals surface area (Å²) in [4.78, 5) is 0. The summed E-state index contributed by atoms with van der Waals surface area (Å²) in [6.45, 7) is 4.16. The highest BCUT2D eigenvalue weighted by Gasteiger charge is 2.23. The summed E-state index contributed by atoms with van der Waals surface area (Å²) in [6, 6.07) is 11.4. The van der Waals surface area contributed by atoms with Crippen molar-refractivity contribution in [2.45, 2.75) is 19.1 Å². The third kappa shape index (κ3) is 3.50. The lowest BCUT2D eigenvalue weighted by atomic mass is 10.0. The summed E-state index contributed by atoms with van der Waals surface area (Å²) >= 11 is 1.81. The maximum Gasteiger partial charge on any atom is 0.127 e. The minimum absolute atomic E-state index is 0.0936. The highest BCUT2D eigenvalue weighted by molar-refractivity contribution is 7.99. The van der Waals surface area contributed by atoms with Crippen molar-refractivity contribution >= 4 is 11.8 Å². The van der Waals surface area contributed by atoms with Crippen molar-refractivity contribution in [2.24, 2.45) is 0 Å². The molecule has 0 radical (unpaired) electrons. The van der Waals surface area contributed by atoms with Crippen LogP contribution < -0.4 is 9.47 Å². The average molecular weight is 318 g/mol. The predicted molar refractivity (Wildman–Crippen MR) is 92.4 cm³/mol. The number of ether oxygens (including phenoxy) is 2. The maximum atomic E-state index is 9.52. The average Bonchev–Trinajstić information content (AvgIpc) is 2.53. The number of benzene rings is 2. The number of phenols is 1. The first-order valence-electron chi connectivity index (χ1n) is 7.23. The summed E-state index contributed by atoms with van der Waals surface area (Å²) < 4.78 is 11.2. The molecule has 3 nitrogen and oxygen atoms in total. The van der Waals surface area contributed by atoms with Gasteiger partial charge in [0.25, 0.3) is 0 Å². The van der Waals surface area contributed by atoms with Gasteiger partial charge in [-0.1, -0.05) is 19.1 Å². The highest BCUT2D eigenvalue weighted by Crippen LogP contribution is 2.45. The number of aromatic hydroxyl groups is 1. The SMILES string of the molecule is CCSC(c1ccc(O)cc1)c1c(OC)cc(C)cc1OC. The van der Waals surface area contributed by atoms with E-state index in [1.54, 1.807) is 26.4 Å². The van der Waals surface area contributed by atoms with Crippen molar-refractivity contribution in [3.8, 4) is 17.2 Å². The molecule has 1 N–H and O–H groups in total. The van der Waals surface area contributed by atoms with E-state index in [2.05, 4.69) is 6.92 Å². The Bertz CT molecular complexity index is 598. The minimum Gasteiger partial charge on any atom is -0.508 e. The first-order valence-corrected chi connectivity index (χ1v) is 8.28. The van der Waals surface area contributed by atoms with Gasteiger partial charge >= 0.3 is 0 Å². The maximum absolute atomic E-state index is 9.52. The van der Waals surface area contributed by atoms with E-state index in [4.69, 9.17) is 9.47 Å². The zero-order chi connectivity index (χ0) is 16.1. The molecule has 0 fully saturated rings. The van der Waals surface area contributed by atoms with Crippen LogP contribution in [0.25, 0.3) is 0 Å². The van der Waals surface area contributed by atoms with Gasteiger partial charge in [-0.3, -0.25) is 0 Å². The van der Waals surface area contributed by atoms with Gasteiger partial charge in [-0.25, -0.2) is 0 Å². The fourth-order valence-electron chi connectivity index (χ4n) is 2.49. The van der Waals surface area contributed by atoms with Crippen LogP contribution in [0.4, 0.5) is 0 Å². The number of hydrogen-bond acceptors (Lipinski definition) is 4. The Labute approximate surface area is 136 Å². The lowest BCUT2D eigenvalue weighted by Gasteiger charge is -2.22. The zero-order valence-electron chi connectivity index (χ0n) is 13.4. The van der Waals surface area contributed by atoms with E-state index in [0.717, 1.165) is 33.9 Å². The second-order valence-electron chi connectivity index (χ2n) is 5.01. The first kappa shape index (κ1) is 16.6. The second kappa shape index (κ2) is 7.45. The summed E-state index contributed by atoms with van der Waals surface area (Å²) in [7, 11) is 3.37. The molecule has 2 aromatic rings. The summed E-state index contributed by atoms with van der Waals surface area (Å²) in [5, 5.41) is 9.61. The molecule has 4 heteroatoms. The molecule has 22 heavy (non-hydrogen) atoms. The molecule has 0 saturated heterocycles. The topological polar surface area (TPSA) is 38.7 Å². The van der Waals surface area contributed by atoms with Crippen molar-refractivity contribution in [1.82, 2.24) is 0 Å². The van der Waals surface area contributed by atoms with E-state index < -0.39 is 0 Å². The molecule has 0 aliphatic carbocycles. The smallest absolute Gasteiger partial charge is 0.127 e. The van der Waals surface area contributed by atoms with Gasteiger partial charge in [0.2, 0.25) is 0 Å². The molecule has 0 aromatic heterocycles. The molecule has 2 aromatic carbocycles. The molecule has 0 aliphatic heterocycles. The summed E-state index contributed by atoms with van der Waals surface area (Å²) in [5.74, 6) is 2.89. The fraction of sp³-hybridized carbons (Fsp3) is 0.333. The monoisotopic (exact) mass is 318 g/mol. The van der Waals surface area contributed by atoms with Crippen LogP contribution >= 0.6 is 11.8 Å². The highest BCUT2D eigenvalue weighted by atomic mass is 32.2. The molecule has 1 atom stereocenters. The molecule has 0 spiro atoms. The van der Waals surface area contributed by atoms with Crippen LogP contribution in [0.5, 0.6) is 17.2 Å². The quantitative estimate of drug-likeness (QED) is 0.847. The fourth-order valence-corrected chi connectivity index (χ4v) is 3.57. The van der Waals surface area contributed by atoms with Crippen LogP contribution in [0.2, 0.25) is 0 Å². The number of hydrogen-bond donors (Lipinski definition) is 1. The number of aryl methyl sites for hydroxylation is 1. The van der Waals surface area contributed by atoms with Crippen LogP contribution in [0.1, 0.15) is 28.9 Å². The van der Waals surface area contributed by atoms with Crippen LogP contribution in [-0.4, -0.2) is 25.1 Å². The number of phenolic OH excluding ortho intramolecular Hbond substituents is 1. The standard InChI is InChI=1S/C18H22O3S/c1-5-22-18(13-6-8-14(19)9-7-13)17-15(20-3)10-12(2)11-16(17)21-4/h6-11,18-19H,5H2,1-4H3. The van der Waals surface area contributed by atoms with Crippen LogP contribution in [0, 0.1) is 6.92 Å². The Morgan fingerprint density at radius 3 is 2.05 bits per heavy atom. The van der Waals surface area contributed by atoms with Gasteiger partial charge < -0.3 is 14.6 Å². The number of thioether (sulfide) groups is 1. The molecule has 1 unspecified atom stereocenters. The molecule has 0 amide bonds. The largest absolute Gasteiger partial charge is 0.508 e. The lowest BCUT2D eigenvalue weighted by Crippen LogP contribution is -2.04. The summed E-state index contributed by atoms with van der Waals surface area (Å²) in [5.41, 5.74) is 3.25. The normalized spacial score (nSPS) is 12.0. The van der Waals surface area contributed by atoms with Crippen molar-refractivity contribution in [1.29, 1.82) is 0 Å². The Balaban J connectivity index is 2.59. The molecule has 0 saturated carbocycles. The van der Waals surface area contributed by atoms with Gasteiger partial charge in [-0.2, -0.15) is 0 Å². The van der Waals surface area contributed by atoms with Gasteiger partial charge in [0, 0.05) is 0 Å². The van der Waals surface area contributed by atoms with E-state index in [-0.39, 0.29) is 11.0 Å². The molecule has 0 aliphatic rings. The Morgan fingerprint density at radius 1 is 1.05 bits per heavy atom. The number of rotatable bonds is 6. The second-order valence-corrected chi connectivity index (χ2v) is 6.39. The predicted octanol–water partition coefficient (Wildman–Crippen LogP) is 4.56. The molecule has 0 bridgehead atoms. The van der Waals surface area contributed by atoms with Crippen molar-refractivity contribution in [2.75, 3.05) is 20.0 Å². The van der Waals surface area contributed by atoms with E-state index in [0.29, 0.717) is 0 Å². The Morgan fingerprint density at radius 2 is 1.59 bits per heavy atom.